The van der Waals surface area contributed by atoms with Crippen LogP contribution in [0.15, 0.2) is 30.3 Å². The van der Waals surface area contributed by atoms with Crippen LogP contribution < -0.4 is 5.32 Å². The molecular formula is C22H35Cl2N3O3. The average molecular weight is 460 g/mol. The number of carbonyl (C=O) groups excluding carboxylic acids is 1. The Balaban J connectivity index is 0.00000225. The van der Waals surface area contributed by atoms with Gasteiger partial charge in [-0.15, -0.1) is 24.8 Å². The van der Waals surface area contributed by atoms with Gasteiger partial charge in [-0.05, 0) is 44.2 Å². The lowest BCUT2D eigenvalue weighted by atomic mass is 10.0. The number of rotatable bonds is 9. The summed E-state index contributed by atoms with van der Waals surface area (Å²) in [4.78, 5) is 28.2. The normalized spacial score (nSPS) is 22.0. The van der Waals surface area contributed by atoms with Crippen LogP contribution in [-0.4, -0.2) is 66.1 Å². The van der Waals surface area contributed by atoms with Gasteiger partial charge in [-0.2, -0.15) is 0 Å². The molecule has 1 saturated heterocycles. The number of nitrogens with one attached hydrogen (secondary N) is 1. The Labute approximate surface area is 192 Å². The van der Waals surface area contributed by atoms with Crippen LogP contribution in [0.2, 0.25) is 0 Å². The van der Waals surface area contributed by atoms with E-state index in [1.165, 1.54) is 5.56 Å². The summed E-state index contributed by atoms with van der Waals surface area (Å²) in [6.45, 7) is 7.25. The van der Waals surface area contributed by atoms with Crippen LogP contribution in [0.1, 0.15) is 37.7 Å². The third-order valence-corrected chi connectivity index (χ3v) is 6.07. The van der Waals surface area contributed by atoms with Gasteiger partial charge in [-0.1, -0.05) is 30.3 Å². The van der Waals surface area contributed by atoms with Crippen molar-refractivity contribution in [1.82, 2.24) is 15.1 Å². The first kappa shape index (κ1) is 26.7. The molecule has 2 fully saturated rings. The SMILES string of the molecule is Cl.Cl.O=C(O)C1CCC(C(=O)NCCCCN2CCN(Cc3ccccc3)CC2)C1. The number of hydrogen-bond acceptors (Lipinski definition) is 4. The van der Waals surface area contributed by atoms with E-state index in [0.29, 0.717) is 25.8 Å². The molecule has 6 nitrogen and oxygen atoms in total. The minimum Gasteiger partial charge on any atom is -0.481 e. The number of hydrogen-bond donors (Lipinski definition) is 2. The van der Waals surface area contributed by atoms with Crippen LogP contribution in [0.25, 0.3) is 0 Å². The van der Waals surface area contributed by atoms with Crippen molar-refractivity contribution in [3.8, 4) is 0 Å². The summed E-state index contributed by atoms with van der Waals surface area (Å²) in [7, 11) is 0. The van der Waals surface area contributed by atoms with E-state index in [-0.39, 0.29) is 42.6 Å². The molecule has 2 atom stereocenters. The summed E-state index contributed by atoms with van der Waals surface area (Å²) >= 11 is 0. The maximum atomic E-state index is 12.1. The minimum absolute atomic E-state index is 0. The molecule has 1 aliphatic heterocycles. The second kappa shape index (κ2) is 13.9. The second-order valence-electron chi connectivity index (χ2n) is 8.15. The third-order valence-electron chi connectivity index (χ3n) is 6.07. The van der Waals surface area contributed by atoms with Gasteiger partial charge in [0, 0.05) is 45.2 Å². The fourth-order valence-electron chi connectivity index (χ4n) is 4.27. The van der Waals surface area contributed by atoms with E-state index in [2.05, 4.69) is 45.4 Å². The van der Waals surface area contributed by atoms with Crippen molar-refractivity contribution in [2.75, 3.05) is 39.3 Å². The zero-order valence-corrected chi connectivity index (χ0v) is 19.1. The quantitative estimate of drug-likeness (QED) is 0.555. The highest BCUT2D eigenvalue weighted by Crippen LogP contribution is 2.31. The van der Waals surface area contributed by atoms with Crippen LogP contribution in [0, 0.1) is 11.8 Å². The number of carboxylic acids is 1. The van der Waals surface area contributed by atoms with Gasteiger partial charge in [0.15, 0.2) is 0 Å². The van der Waals surface area contributed by atoms with Gasteiger partial charge < -0.3 is 15.3 Å². The largest absolute Gasteiger partial charge is 0.481 e. The van der Waals surface area contributed by atoms with Crippen molar-refractivity contribution >= 4 is 36.7 Å². The first-order valence-corrected chi connectivity index (χ1v) is 10.6. The molecule has 170 valence electrons. The molecule has 1 heterocycles. The third kappa shape index (κ3) is 8.42. The van der Waals surface area contributed by atoms with E-state index in [1.807, 2.05) is 0 Å². The molecule has 1 amide bonds. The Morgan fingerprint density at radius 2 is 1.57 bits per heavy atom. The molecule has 0 spiro atoms. The van der Waals surface area contributed by atoms with E-state index in [1.54, 1.807) is 0 Å². The van der Waals surface area contributed by atoms with Crippen molar-refractivity contribution in [2.24, 2.45) is 11.8 Å². The second-order valence-corrected chi connectivity index (χ2v) is 8.15. The van der Waals surface area contributed by atoms with Gasteiger partial charge in [0.1, 0.15) is 0 Å². The van der Waals surface area contributed by atoms with E-state index in [0.717, 1.165) is 52.1 Å². The van der Waals surface area contributed by atoms with Crippen molar-refractivity contribution in [3.05, 3.63) is 35.9 Å². The number of benzene rings is 1. The van der Waals surface area contributed by atoms with Crippen LogP contribution in [0.3, 0.4) is 0 Å². The molecule has 1 saturated carbocycles. The zero-order chi connectivity index (χ0) is 19.8. The standard InChI is InChI=1S/C22H33N3O3.2ClH/c26-21(19-8-9-20(16-19)22(27)28)23-10-4-5-11-24-12-14-25(15-13-24)17-18-6-2-1-3-7-18;;/h1-3,6-7,19-20H,4-5,8-17H2,(H,23,26)(H,27,28);2*1H. The number of amides is 1. The monoisotopic (exact) mass is 459 g/mol. The lowest BCUT2D eigenvalue weighted by molar-refractivity contribution is -0.141. The van der Waals surface area contributed by atoms with Crippen LogP contribution in [0.4, 0.5) is 0 Å². The van der Waals surface area contributed by atoms with Gasteiger partial charge in [0.2, 0.25) is 5.91 Å². The van der Waals surface area contributed by atoms with Gasteiger partial charge in [0.25, 0.3) is 0 Å². The fraction of sp³-hybridized carbons (Fsp3) is 0.636. The predicted octanol–water partition coefficient (Wildman–Crippen LogP) is 3.05. The van der Waals surface area contributed by atoms with Gasteiger partial charge in [0.05, 0.1) is 5.92 Å². The number of carbonyl (C=O) groups is 2. The summed E-state index contributed by atoms with van der Waals surface area (Å²) in [6, 6.07) is 10.6. The molecule has 1 aromatic carbocycles. The minimum atomic E-state index is -0.765. The molecule has 2 unspecified atom stereocenters. The molecule has 0 aromatic heterocycles. The molecule has 30 heavy (non-hydrogen) atoms. The smallest absolute Gasteiger partial charge is 0.306 e. The number of unbranched alkanes of at least 4 members (excludes halogenated alkanes) is 1. The summed E-state index contributed by atoms with van der Waals surface area (Å²) in [5.74, 6) is -1.17. The summed E-state index contributed by atoms with van der Waals surface area (Å²) in [5, 5.41) is 12.0. The fourth-order valence-corrected chi connectivity index (χ4v) is 4.27. The predicted molar refractivity (Wildman–Crippen MR) is 123 cm³/mol. The van der Waals surface area contributed by atoms with Crippen molar-refractivity contribution in [2.45, 2.75) is 38.6 Å². The van der Waals surface area contributed by atoms with Crippen molar-refractivity contribution < 1.29 is 14.7 Å². The zero-order valence-electron chi connectivity index (χ0n) is 17.5. The van der Waals surface area contributed by atoms with Crippen LogP contribution in [0.5, 0.6) is 0 Å². The van der Waals surface area contributed by atoms with E-state index < -0.39 is 5.97 Å². The average Bonchev–Trinajstić information content (AvgIpc) is 3.20. The number of halogens is 2. The summed E-state index contributed by atoms with van der Waals surface area (Å²) in [5.41, 5.74) is 1.38. The Kier molecular flexibility index (Phi) is 12.3. The van der Waals surface area contributed by atoms with Gasteiger partial charge >= 0.3 is 5.97 Å². The molecule has 3 rings (SSSR count). The van der Waals surface area contributed by atoms with Crippen molar-refractivity contribution in [1.29, 1.82) is 0 Å². The maximum Gasteiger partial charge on any atom is 0.306 e. The number of carboxylic acid groups (broad SMARTS) is 1. The number of aliphatic carboxylic acids is 1. The van der Waals surface area contributed by atoms with E-state index in [9.17, 15) is 9.59 Å². The molecule has 0 bridgehead atoms. The lowest BCUT2D eigenvalue weighted by Gasteiger charge is -2.34. The molecule has 0 radical (unpaired) electrons. The topological polar surface area (TPSA) is 72.9 Å². The first-order valence-electron chi connectivity index (χ1n) is 10.6. The van der Waals surface area contributed by atoms with E-state index >= 15 is 0 Å². The van der Waals surface area contributed by atoms with Crippen molar-refractivity contribution in [3.63, 3.8) is 0 Å². The molecule has 1 aromatic rings. The maximum absolute atomic E-state index is 12.1. The van der Waals surface area contributed by atoms with Crippen LogP contribution >= 0.6 is 24.8 Å². The highest BCUT2D eigenvalue weighted by atomic mass is 35.5. The molecular weight excluding hydrogens is 425 g/mol. The molecule has 8 heteroatoms. The first-order chi connectivity index (χ1) is 13.6. The van der Waals surface area contributed by atoms with Gasteiger partial charge in [-0.3, -0.25) is 14.5 Å². The molecule has 2 N–H and O–H groups in total. The lowest BCUT2D eigenvalue weighted by Crippen LogP contribution is -2.46. The van der Waals surface area contributed by atoms with Gasteiger partial charge in [-0.25, -0.2) is 0 Å². The molecule has 1 aliphatic carbocycles. The Hall–Kier alpha value is -1.34. The highest BCUT2D eigenvalue weighted by molar-refractivity contribution is 5.85. The Morgan fingerprint density at radius 1 is 0.933 bits per heavy atom. The molecule has 2 aliphatic rings. The summed E-state index contributed by atoms with van der Waals surface area (Å²) in [6.07, 6.45) is 3.89. The Morgan fingerprint density at radius 3 is 2.20 bits per heavy atom. The van der Waals surface area contributed by atoms with E-state index in [4.69, 9.17) is 5.11 Å². The number of nitrogens with zero attached hydrogens (tertiary/aromatic N) is 2. The highest BCUT2D eigenvalue weighted by Gasteiger charge is 2.33. The van der Waals surface area contributed by atoms with Crippen LogP contribution in [-0.2, 0) is 16.1 Å². The number of piperazine rings is 1. The Bertz CT molecular complexity index is 640. The summed E-state index contributed by atoms with van der Waals surface area (Å²) < 4.78 is 0.